The van der Waals surface area contributed by atoms with Crippen molar-refractivity contribution in [2.75, 3.05) is 19.6 Å². The number of carbonyl (C=O) groups excluding carboxylic acids is 1. The molecule has 2 heterocycles. The lowest BCUT2D eigenvalue weighted by atomic mass is 10.1. The van der Waals surface area contributed by atoms with Crippen LogP contribution in [-0.4, -0.2) is 47.2 Å². The molecule has 2 aliphatic heterocycles. The molecule has 1 amide bonds. The molecule has 1 atom stereocenters. The lowest BCUT2D eigenvalue weighted by Gasteiger charge is -2.41. The number of para-hydroxylation sites is 1. The molecule has 1 fully saturated rings. The van der Waals surface area contributed by atoms with Gasteiger partial charge in [0.25, 0.3) is 0 Å². The number of amides is 1. The van der Waals surface area contributed by atoms with E-state index in [4.69, 9.17) is 4.74 Å². The van der Waals surface area contributed by atoms with Crippen LogP contribution in [0.1, 0.15) is 23.6 Å². The van der Waals surface area contributed by atoms with E-state index in [9.17, 15) is 22.4 Å². The normalized spacial score (nSPS) is 17.5. The lowest BCUT2D eigenvalue weighted by molar-refractivity contribution is -0.137. The Labute approximate surface area is 205 Å². The number of aliphatic imine (C=N–C) groups is 1. The highest BCUT2D eigenvalue weighted by Crippen LogP contribution is 2.41. The number of fused-ring (bicyclic) bond motifs is 2. The first-order valence-electron chi connectivity index (χ1n) is 11.5. The van der Waals surface area contributed by atoms with E-state index >= 15 is 0 Å². The number of hydrogen-bond acceptors (Lipinski definition) is 4. The molecule has 0 aliphatic carbocycles. The minimum absolute atomic E-state index is 0.0690. The highest BCUT2D eigenvalue weighted by atomic mass is 19.4. The summed E-state index contributed by atoms with van der Waals surface area (Å²) in [7, 11) is 0. The average Bonchev–Trinajstić information content (AvgIpc) is 3.01. The van der Waals surface area contributed by atoms with E-state index < -0.39 is 11.7 Å². The van der Waals surface area contributed by atoms with Crippen LogP contribution >= 0.6 is 0 Å². The van der Waals surface area contributed by atoms with E-state index in [0.29, 0.717) is 36.8 Å². The van der Waals surface area contributed by atoms with Crippen molar-refractivity contribution in [1.29, 1.82) is 0 Å². The number of carbonyl (C=O) groups is 1. The summed E-state index contributed by atoms with van der Waals surface area (Å²) in [5.74, 6) is 0.816. The Bertz CT molecular complexity index is 1320. The first-order chi connectivity index (χ1) is 17.2. The second kappa shape index (κ2) is 9.29. The summed E-state index contributed by atoms with van der Waals surface area (Å²) in [6.07, 6.45) is -4.34. The number of nitrogens with zero attached hydrogens (tertiary/aromatic N) is 3. The van der Waals surface area contributed by atoms with Crippen LogP contribution in [0.5, 0.6) is 11.5 Å². The Hall–Kier alpha value is -3.88. The van der Waals surface area contributed by atoms with Crippen molar-refractivity contribution in [1.82, 2.24) is 9.80 Å². The second-order valence-corrected chi connectivity index (χ2v) is 8.90. The molecular formula is C27H23F4N3O2. The number of ether oxygens (including phenoxy) is 1. The van der Waals surface area contributed by atoms with Crippen molar-refractivity contribution in [3.8, 4) is 11.5 Å². The largest absolute Gasteiger partial charge is 0.454 e. The first kappa shape index (κ1) is 23.8. The maximum Gasteiger partial charge on any atom is 0.416 e. The summed E-state index contributed by atoms with van der Waals surface area (Å²) in [5, 5.41) is 0. The van der Waals surface area contributed by atoms with Gasteiger partial charge < -0.3 is 14.5 Å². The zero-order valence-corrected chi connectivity index (χ0v) is 19.4. The third-order valence-corrected chi connectivity index (χ3v) is 6.38. The molecule has 0 N–H and O–H groups in total. The number of piperazine rings is 1. The summed E-state index contributed by atoms with van der Waals surface area (Å²) in [4.78, 5) is 21.3. The van der Waals surface area contributed by atoms with Gasteiger partial charge in [0.1, 0.15) is 23.1 Å². The molecule has 186 valence electrons. The summed E-state index contributed by atoms with van der Waals surface area (Å²) < 4.78 is 59.2. The van der Waals surface area contributed by atoms with Crippen LogP contribution in [0.3, 0.4) is 0 Å². The van der Waals surface area contributed by atoms with Crippen LogP contribution in [0.4, 0.5) is 23.2 Å². The Kier molecular flexibility index (Phi) is 6.15. The van der Waals surface area contributed by atoms with Crippen molar-refractivity contribution in [2.45, 2.75) is 25.6 Å². The van der Waals surface area contributed by atoms with Crippen LogP contribution < -0.4 is 4.74 Å². The maximum atomic E-state index is 13.4. The number of halogens is 4. The van der Waals surface area contributed by atoms with Crippen LogP contribution in [-0.2, 0) is 17.4 Å². The van der Waals surface area contributed by atoms with Crippen molar-refractivity contribution in [3.05, 3.63) is 89.2 Å². The molecule has 1 saturated heterocycles. The van der Waals surface area contributed by atoms with Crippen molar-refractivity contribution in [2.24, 2.45) is 4.99 Å². The van der Waals surface area contributed by atoms with E-state index in [1.54, 1.807) is 29.2 Å². The Morgan fingerprint density at radius 3 is 2.50 bits per heavy atom. The number of amidine groups is 1. The third kappa shape index (κ3) is 4.78. The van der Waals surface area contributed by atoms with Gasteiger partial charge >= 0.3 is 6.18 Å². The topological polar surface area (TPSA) is 45.1 Å². The SMILES string of the molecule is C[C@H]1CN(C2=Nc3cc(C(F)(F)F)ccc3Oc3ccccc32)CCN1C(=O)Cc1ccc(F)cc1. The molecule has 36 heavy (non-hydrogen) atoms. The summed E-state index contributed by atoms with van der Waals surface area (Å²) in [5.41, 5.74) is 0.690. The first-order valence-corrected chi connectivity index (χ1v) is 11.5. The van der Waals surface area contributed by atoms with Gasteiger partial charge in [-0.1, -0.05) is 24.3 Å². The number of benzene rings is 3. The standard InChI is InChI=1S/C27H23F4N3O2/c1-17-16-33(12-13-34(17)25(35)14-18-6-9-20(28)10-7-18)26-21-4-2-3-5-23(21)36-24-11-8-19(27(29,30)31)15-22(24)32-26/h2-11,15,17H,12-14,16H2,1H3/t17-/m0/s1. The van der Waals surface area contributed by atoms with Crippen LogP contribution in [0.15, 0.2) is 71.7 Å². The molecular weight excluding hydrogens is 474 g/mol. The molecule has 0 aromatic heterocycles. The fourth-order valence-electron chi connectivity index (χ4n) is 4.54. The fraction of sp³-hybridized carbons (Fsp3) is 0.259. The predicted molar refractivity (Wildman–Crippen MR) is 127 cm³/mol. The Morgan fingerprint density at radius 1 is 1.03 bits per heavy atom. The van der Waals surface area contributed by atoms with Gasteiger partial charge in [0.15, 0.2) is 5.75 Å². The summed E-state index contributed by atoms with van der Waals surface area (Å²) >= 11 is 0. The van der Waals surface area contributed by atoms with Gasteiger partial charge in [-0.05, 0) is 55.0 Å². The highest BCUT2D eigenvalue weighted by molar-refractivity contribution is 6.04. The van der Waals surface area contributed by atoms with Gasteiger partial charge in [0.2, 0.25) is 5.91 Å². The molecule has 5 nitrogen and oxygen atoms in total. The maximum absolute atomic E-state index is 13.4. The van der Waals surface area contributed by atoms with Crippen molar-refractivity contribution < 1.29 is 27.1 Å². The van der Waals surface area contributed by atoms with Gasteiger partial charge in [-0.2, -0.15) is 13.2 Å². The number of alkyl halides is 3. The minimum Gasteiger partial charge on any atom is -0.454 e. The highest BCUT2D eigenvalue weighted by Gasteiger charge is 2.34. The van der Waals surface area contributed by atoms with Crippen molar-refractivity contribution in [3.63, 3.8) is 0 Å². The molecule has 3 aromatic carbocycles. The van der Waals surface area contributed by atoms with Gasteiger partial charge in [-0.15, -0.1) is 0 Å². The molecule has 0 unspecified atom stereocenters. The molecule has 3 aromatic rings. The third-order valence-electron chi connectivity index (χ3n) is 6.38. The van der Waals surface area contributed by atoms with E-state index in [0.717, 1.165) is 17.7 Å². The summed E-state index contributed by atoms with van der Waals surface area (Å²) in [6.45, 7) is 3.22. The van der Waals surface area contributed by atoms with Gasteiger partial charge in [-0.25, -0.2) is 9.38 Å². The molecule has 0 spiro atoms. The van der Waals surface area contributed by atoms with Crippen LogP contribution in [0.2, 0.25) is 0 Å². The van der Waals surface area contributed by atoms with Gasteiger partial charge in [-0.3, -0.25) is 4.79 Å². The molecule has 0 radical (unpaired) electrons. The van der Waals surface area contributed by atoms with E-state index in [2.05, 4.69) is 4.99 Å². The lowest BCUT2D eigenvalue weighted by Crippen LogP contribution is -2.55. The zero-order valence-electron chi connectivity index (χ0n) is 19.4. The van der Waals surface area contributed by atoms with E-state index in [1.807, 2.05) is 24.0 Å². The number of hydrogen-bond donors (Lipinski definition) is 0. The quantitative estimate of drug-likeness (QED) is 0.420. The zero-order chi connectivity index (χ0) is 25.4. The van der Waals surface area contributed by atoms with E-state index in [-0.39, 0.29) is 35.6 Å². The monoisotopic (exact) mass is 497 g/mol. The van der Waals surface area contributed by atoms with E-state index in [1.165, 1.54) is 18.2 Å². The van der Waals surface area contributed by atoms with Gasteiger partial charge in [0.05, 0.1) is 17.5 Å². The summed E-state index contributed by atoms with van der Waals surface area (Å²) in [6, 6.07) is 16.1. The number of rotatable bonds is 2. The van der Waals surface area contributed by atoms with Crippen LogP contribution in [0, 0.1) is 5.82 Å². The van der Waals surface area contributed by atoms with Crippen LogP contribution in [0.25, 0.3) is 0 Å². The molecule has 0 bridgehead atoms. The average molecular weight is 497 g/mol. The molecule has 2 aliphatic rings. The molecule has 0 saturated carbocycles. The molecule has 9 heteroatoms. The predicted octanol–water partition coefficient (Wildman–Crippen LogP) is 5.80. The van der Waals surface area contributed by atoms with Crippen molar-refractivity contribution >= 4 is 17.4 Å². The molecule has 5 rings (SSSR count). The second-order valence-electron chi connectivity index (χ2n) is 8.90. The Balaban J connectivity index is 1.42. The van der Waals surface area contributed by atoms with Gasteiger partial charge in [0, 0.05) is 25.7 Å². The fourth-order valence-corrected chi connectivity index (χ4v) is 4.54. The smallest absolute Gasteiger partial charge is 0.416 e. The Morgan fingerprint density at radius 2 is 1.78 bits per heavy atom. The minimum atomic E-state index is -4.51.